The van der Waals surface area contributed by atoms with E-state index in [4.69, 9.17) is 5.73 Å². The van der Waals surface area contributed by atoms with Crippen LogP contribution < -0.4 is 5.73 Å². The molecule has 0 fully saturated rings. The SMILES string of the molecule is C=CC(N)[Si](C)C. The Morgan fingerprint density at radius 2 is 2.14 bits per heavy atom. The van der Waals surface area contributed by atoms with Crippen LogP contribution in [0.15, 0.2) is 12.7 Å². The van der Waals surface area contributed by atoms with Crippen LogP contribution in [0.25, 0.3) is 0 Å². The third kappa shape index (κ3) is 2.59. The average molecular weight is 114 g/mol. The molecule has 0 spiro atoms. The smallest absolute Gasteiger partial charge is 0.0671 e. The molecule has 1 nitrogen and oxygen atoms in total. The standard InChI is InChI=1S/C5H12NSi/c1-4-5(6)7(2)3/h4-5H,1,6H2,2-3H3. The lowest BCUT2D eigenvalue weighted by Gasteiger charge is -2.05. The Bertz CT molecular complexity index is 61.1. The van der Waals surface area contributed by atoms with Crippen molar-refractivity contribution in [1.29, 1.82) is 0 Å². The zero-order valence-electron chi connectivity index (χ0n) is 4.94. The Balaban J connectivity index is 3.33. The largest absolute Gasteiger partial charge is 0.327 e. The van der Waals surface area contributed by atoms with Gasteiger partial charge in [0.15, 0.2) is 0 Å². The summed E-state index contributed by atoms with van der Waals surface area (Å²) in [5.74, 6) is 0. The van der Waals surface area contributed by atoms with Crippen LogP contribution in [-0.4, -0.2) is 14.5 Å². The minimum Gasteiger partial charge on any atom is -0.327 e. The number of hydrogen-bond donors (Lipinski definition) is 1. The van der Waals surface area contributed by atoms with Crippen LogP contribution in [0, 0.1) is 0 Å². The lowest BCUT2D eigenvalue weighted by Crippen LogP contribution is -2.31. The number of hydrogen-bond acceptors (Lipinski definition) is 1. The highest BCUT2D eigenvalue weighted by molar-refractivity contribution is 6.58. The normalized spacial score (nSPS) is 14.3. The highest BCUT2D eigenvalue weighted by atomic mass is 28.3. The summed E-state index contributed by atoms with van der Waals surface area (Å²) < 4.78 is 0. The van der Waals surface area contributed by atoms with Crippen LogP contribution in [0.3, 0.4) is 0 Å². The van der Waals surface area contributed by atoms with Gasteiger partial charge in [-0.1, -0.05) is 19.2 Å². The second-order valence-corrected chi connectivity index (χ2v) is 4.66. The fourth-order valence-electron chi connectivity index (χ4n) is 0.236. The van der Waals surface area contributed by atoms with E-state index in [1.54, 1.807) is 0 Å². The van der Waals surface area contributed by atoms with Crippen LogP contribution >= 0.6 is 0 Å². The molecule has 0 saturated heterocycles. The second kappa shape index (κ2) is 2.99. The van der Waals surface area contributed by atoms with Gasteiger partial charge in [0.2, 0.25) is 0 Å². The van der Waals surface area contributed by atoms with Crippen LogP contribution in [0.5, 0.6) is 0 Å². The second-order valence-electron chi connectivity index (χ2n) is 1.84. The summed E-state index contributed by atoms with van der Waals surface area (Å²) in [6, 6.07) is 0. The van der Waals surface area contributed by atoms with Gasteiger partial charge >= 0.3 is 0 Å². The van der Waals surface area contributed by atoms with Gasteiger partial charge in [0.25, 0.3) is 0 Å². The lowest BCUT2D eigenvalue weighted by molar-refractivity contribution is 1.11. The summed E-state index contributed by atoms with van der Waals surface area (Å²) in [6.45, 7) is 7.94. The van der Waals surface area contributed by atoms with E-state index < -0.39 is 0 Å². The molecule has 0 aromatic carbocycles. The molecule has 1 atom stereocenters. The van der Waals surface area contributed by atoms with E-state index in [1.807, 2.05) is 6.08 Å². The molecular weight excluding hydrogens is 102 g/mol. The van der Waals surface area contributed by atoms with E-state index in [0.717, 1.165) is 0 Å². The van der Waals surface area contributed by atoms with Crippen molar-refractivity contribution in [1.82, 2.24) is 0 Å². The first kappa shape index (κ1) is 6.92. The van der Waals surface area contributed by atoms with Gasteiger partial charge in [-0.05, 0) is 0 Å². The number of rotatable bonds is 2. The fraction of sp³-hybridized carbons (Fsp3) is 0.600. The zero-order chi connectivity index (χ0) is 5.86. The molecule has 0 amide bonds. The Hall–Kier alpha value is -0.0831. The van der Waals surface area contributed by atoms with E-state index in [1.165, 1.54) is 0 Å². The highest BCUT2D eigenvalue weighted by Crippen LogP contribution is 1.85. The molecule has 0 aromatic rings. The Morgan fingerprint density at radius 1 is 1.71 bits per heavy atom. The number of nitrogens with two attached hydrogens (primary N) is 1. The maximum Gasteiger partial charge on any atom is 0.0671 e. The molecule has 0 heterocycles. The minimum atomic E-state index is -0.303. The molecule has 0 aliphatic carbocycles. The Labute approximate surface area is 46.8 Å². The van der Waals surface area contributed by atoms with Gasteiger partial charge in [0.05, 0.1) is 8.80 Å². The van der Waals surface area contributed by atoms with Gasteiger partial charge in [-0.3, -0.25) is 0 Å². The van der Waals surface area contributed by atoms with Crippen molar-refractivity contribution in [3.63, 3.8) is 0 Å². The molecule has 7 heavy (non-hydrogen) atoms. The van der Waals surface area contributed by atoms with Crippen molar-refractivity contribution >= 4 is 8.80 Å². The maximum absolute atomic E-state index is 5.54. The van der Waals surface area contributed by atoms with Crippen molar-refractivity contribution in [2.75, 3.05) is 0 Å². The highest BCUT2D eigenvalue weighted by Gasteiger charge is 2.01. The third-order valence-electron chi connectivity index (χ3n) is 0.921. The first-order valence-electron chi connectivity index (χ1n) is 2.36. The summed E-state index contributed by atoms with van der Waals surface area (Å²) in [5.41, 5.74) is 5.81. The quantitative estimate of drug-likeness (QED) is 0.417. The summed E-state index contributed by atoms with van der Waals surface area (Å²) in [4.78, 5) is 0. The maximum atomic E-state index is 5.54. The average Bonchev–Trinajstić information content (AvgIpc) is 1.65. The van der Waals surface area contributed by atoms with Gasteiger partial charge in [-0.15, -0.1) is 6.58 Å². The summed E-state index contributed by atoms with van der Waals surface area (Å²) in [7, 11) is -0.303. The van der Waals surface area contributed by atoms with E-state index in [0.29, 0.717) is 0 Å². The van der Waals surface area contributed by atoms with E-state index >= 15 is 0 Å². The molecule has 2 heteroatoms. The zero-order valence-corrected chi connectivity index (χ0v) is 5.94. The van der Waals surface area contributed by atoms with Crippen molar-refractivity contribution in [3.8, 4) is 0 Å². The summed E-state index contributed by atoms with van der Waals surface area (Å²) in [6.07, 6.45) is 1.81. The molecule has 0 rings (SSSR count). The first-order chi connectivity index (χ1) is 3.18. The predicted molar refractivity (Wildman–Crippen MR) is 35.7 cm³/mol. The molecule has 0 aliphatic heterocycles. The van der Waals surface area contributed by atoms with Crippen LogP contribution in [0.4, 0.5) is 0 Å². The molecule has 0 aliphatic rings. The molecule has 2 N–H and O–H groups in total. The lowest BCUT2D eigenvalue weighted by atomic mass is 10.6. The van der Waals surface area contributed by atoms with Crippen molar-refractivity contribution in [2.24, 2.45) is 5.73 Å². The van der Waals surface area contributed by atoms with Gasteiger partial charge in [-0.25, -0.2) is 0 Å². The fourth-order valence-corrected chi connectivity index (χ4v) is 0.707. The molecule has 0 saturated carbocycles. The topological polar surface area (TPSA) is 26.0 Å². The van der Waals surface area contributed by atoms with Crippen LogP contribution in [0.1, 0.15) is 0 Å². The monoisotopic (exact) mass is 114 g/mol. The van der Waals surface area contributed by atoms with E-state index in [9.17, 15) is 0 Å². The molecule has 1 unspecified atom stereocenters. The van der Waals surface area contributed by atoms with E-state index in [2.05, 4.69) is 19.7 Å². The molecule has 1 radical (unpaired) electrons. The Morgan fingerprint density at radius 3 is 2.14 bits per heavy atom. The Kier molecular flexibility index (Phi) is 2.95. The van der Waals surface area contributed by atoms with Crippen molar-refractivity contribution in [2.45, 2.75) is 18.8 Å². The van der Waals surface area contributed by atoms with Crippen molar-refractivity contribution < 1.29 is 0 Å². The first-order valence-corrected chi connectivity index (χ1v) is 4.94. The van der Waals surface area contributed by atoms with Crippen LogP contribution in [-0.2, 0) is 0 Å². The predicted octanol–water partition coefficient (Wildman–Crippen LogP) is 0.793. The van der Waals surface area contributed by atoms with E-state index in [-0.39, 0.29) is 14.5 Å². The van der Waals surface area contributed by atoms with Crippen molar-refractivity contribution in [3.05, 3.63) is 12.7 Å². The van der Waals surface area contributed by atoms with Gasteiger partial charge in [0, 0.05) is 5.67 Å². The van der Waals surface area contributed by atoms with Crippen LogP contribution in [0.2, 0.25) is 13.1 Å². The molecule has 0 aromatic heterocycles. The van der Waals surface area contributed by atoms with Gasteiger partial charge in [0.1, 0.15) is 0 Å². The van der Waals surface area contributed by atoms with Gasteiger partial charge in [-0.2, -0.15) is 0 Å². The van der Waals surface area contributed by atoms with Gasteiger partial charge < -0.3 is 5.73 Å². The third-order valence-corrected chi connectivity index (χ3v) is 2.49. The summed E-state index contributed by atoms with van der Waals surface area (Å²) >= 11 is 0. The molecule has 41 valence electrons. The summed E-state index contributed by atoms with van der Waals surface area (Å²) in [5, 5.41) is 0. The molecule has 0 bridgehead atoms. The minimum absolute atomic E-state index is 0.269. The molecular formula is C5H12NSi.